The van der Waals surface area contributed by atoms with Crippen molar-refractivity contribution in [1.82, 2.24) is 4.98 Å². The van der Waals surface area contributed by atoms with E-state index in [2.05, 4.69) is 11.9 Å². The fraction of sp³-hybridized carbons (Fsp3) is 0.444. The number of rotatable bonds is 3. The van der Waals surface area contributed by atoms with E-state index in [1.165, 1.54) is 0 Å². The van der Waals surface area contributed by atoms with Gasteiger partial charge in [0.05, 0.1) is 18.5 Å². The van der Waals surface area contributed by atoms with E-state index >= 15 is 0 Å². The maximum atomic E-state index is 5.54. The third-order valence-corrected chi connectivity index (χ3v) is 1.49. The van der Waals surface area contributed by atoms with Crippen molar-refractivity contribution in [2.75, 3.05) is 12.3 Å². The highest BCUT2D eigenvalue weighted by atomic mass is 16.5. The molecule has 1 heterocycles. The molecule has 1 rings (SSSR count). The van der Waals surface area contributed by atoms with Crippen LogP contribution >= 0.6 is 0 Å². The number of hydrogen-bond acceptors (Lipinski definition) is 3. The zero-order chi connectivity index (χ0) is 8.97. The third-order valence-electron chi connectivity index (χ3n) is 1.49. The molecular formula is C9H14N2O. The molecule has 0 unspecified atom stereocenters. The minimum atomic E-state index is 0.677. The average Bonchev–Trinajstić information content (AvgIpc) is 2.03. The van der Waals surface area contributed by atoms with Crippen molar-refractivity contribution < 1.29 is 4.74 Å². The van der Waals surface area contributed by atoms with Crippen LogP contribution in [0.1, 0.15) is 18.9 Å². The van der Waals surface area contributed by atoms with Crippen LogP contribution in [0.15, 0.2) is 12.3 Å². The van der Waals surface area contributed by atoms with Crippen LogP contribution in [0.2, 0.25) is 0 Å². The Labute approximate surface area is 72.6 Å². The van der Waals surface area contributed by atoms with Gasteiger partial charge in [-0.15, -0.1) is 0 Å². The second-order valence-corrected chi connectivity index (χ2v) is 2.74. The SMILES string of the molecule is CCCOc1ncc(N)cc1C. The predicted molar refractivity (Wildman–Crippen MR) is 49.2 cm³/mol. The van der Waals surface area contributed by atoms with Gasteiger partial charge in [0.25, 0.3) is 0 Å². The lowest BCUT2D eigenvalue weighted by Gasteiger charge is -2.06. The Balaban J connectivity index is 2.72. The minimum absolute atomic E-state index is 0.677. The number of hydrogen-bond donors (Lipinski definition) is 1. The van der Waals surface area contributed by atoms with Gasteiger partial charge in [-0.25, -0.2) is 4.98 Å². The first kappa shape index (κ1) is 8.84. The van der Waals surface area contributed by atoms with Crippen LogP contribution in [-0.2, 0) is 0 Å². The Bertz CT molecular complexity index is 261. The number of anilines is 1. The van der Waals surface area contributed by atoms with Gasteiger partial charge in [0.2, 0.25) is 5.88 Å². The van der Waals surface area contributed by atoms with E-state index < -0.39 is 0 Å². The minimum Gasteiger partial charge on any atom is -0.477 e. The third kappa shape index (κ3) is 2.12. The second-order valence-electron chi connectivity index (χ2n) is 2.74. The highest BCUT2D eigenvalue weighted by Crippen LogP contribution is 2.16. The van der Waals surface area contributed by atoms with Gasteiger partial charge in [0.15, 0.2) is 0 Å². The van der Waals surface area contributed by atoms with E-state index in [4.69, 9.17) is 10.5 Å². The molecule has 1 aromatic rings. The van der Waals surface area contributed by atoms with Gasteiger partial charge < -0.3 is 10.5 Å². The summed E-state index contributed by atoms with van der Waals surface area (Å²) in [6, 6.07) is 1.86. The van der Waals surface area contributed by atoms with Crippen LogP contribution in [0.3, 0.4) is 0 Å². The second kappa shape index (κ2) is 3.95. The van der Waals surface area contributed by atoms with Crippen molar-refractivity contribution in [2.45, 2.75) is 20.3 Å². The molecule has 0 aliphatic carbocycles. The van der Waals surface area contributed by atoms with Gasteiger partial charge in [0.1, 0.15) is 0 Å². The Hall–Kier alpha value is -1.25. The number of aromatic nitrogens is 1. The molecule has 0 saturated heterocycles. The van der Waals surface area contributed by atoms with Crippen molar-refractivity contribution in [3.63, 3.8) is 0 Å². The Morgan fingerprint density at radius 3 is 2.92 bits per heavy atom. The van der Waals surface area contributed by atoms with Gasteiger partial charge in [-0.3, -0.25) is 0 Å². The van der Waals surface area contributed by atoms with Gasteiger partial charge in [0, 0.05) is 5.56 Å². The molecule has 0 fully saturated rings. The lowest BCUT2D eigenvalue weighted by molar-refractivity contribution is 0.303. The molecule has 0 saturated carbocycles. The number of nitrogen functional groups attached to an aromatic ring is 1. The van der Waals surface area contributed by atoms with E-state index in [-0.39, 0.29) is 0 Å². The normalized spacial score (nSPS) is 9.83. The molecule has 12 heavy (non-hydrogen) atoms. The standard InChI is InChI=1S/C9H14N2O/c1-3-4-12-9-7(2)5-8(10)6-11-9/h5-6H,3-4,10H2,1-2H3. The molecular weight excluding hydrogens is 152 g/mol. The van der Waals surface area contributed by atoms with E-state index in [1.54, 1.807) is 6.20 Å². The zero-order valence-electron chi connectivity index (χ0n) is 7.50. The van der Waals surface area contributed by atoms with Crippen LogP contribution in [0.4, 0.5) is 5.69 Å². The summed E-state index contributed by atoms with van der Waals surface area (Å²) in [6.45, 7) is 4.71. The van der Waals surface area contributed by atoms with Crippen molar-refractivity contribution in [2.24, 2.45) is 0 Å². The van der Waals surface area contributed by atoms with Gasteiger partial charge in [-0.1, -0.05) is 6.92 Å². The fourth-order valence-electron chi connectivity index (χ4n) is 0.934. The average molecular weight is 166 g/mol. The molecule has 3 nitrogen and oxygen atoms in total. The Kier molecular flexibility index (Phi) is 2.91. The molecule has 0 bridgehead atoms. The first-order valence-corrected chi connectivity index (χ1v) is 4.09. The fourth-order valence-corrected chi connectivity index (χ4v) is 0.934. The number of aryl methyl sites for hydroxylation is 1. The highest BCUT2D eigenvalue weighted by Gasteiger charge is 1.99. The summed E-state index contributed by atoms with van der Waals surface area (Å²) in [6.07, 6.45) is 2.60. The Morgan fingerprint density at radius 2 is 2.33 bits per heavy atom. The summed E-state index contributed by atoms with van der Waals surface area (Å²) in [5.74, 6) is 0.686. The molecule has 66 valence electrons. The molecule has 0 aromatic carbocycles. The molecule has 1 aromatic heterocycles. The van der Waals surface area contributed by atoms with Crippen LogP contribution < -0.4 is 10.5 Å². The number of nitrogens with two attached hydrogens (primary N) is 1. The molecule has 0 amide bonds. The maximum Gasteiger partial charge on any atom is 0.216 e. The monoisotopic (exact) mass is 166 g/mol. The van der Waals surface area contributed by atoms with Crippen molar-refractivity contribution >= 4 is 5.69 Å². The van der Waals surface area contributed by atoms with Crippen LogP contribution in [0, 0.1) is 6.92 Å². The van der Waals surface area contributed by atoms with Crippen LogP contribution in [-0.4, -0.2) is 11.6 Å². The molecule has 2 N–H and O–H groups in total. The molecule has 0 atom stereocenters. The lowest BCUT2D eigenvalue weighted by Crippen LogP contribution is -2.00. The smallest absolute Gasteiger partial charge is 0.216 e. The molecule has 0 spiro atoms. The topological polar surface area (TPSA) is 48.1 Å². The molecule has 0 aliphatic rings. The number of pyridine rings is 1. The van der Waals surface area contributed by atoms with Crippen molar-refractivity contribution in [3.8, 4) is 5.88 Å². The molecule has 3 heteroatoms. The van der Waals surface area contributed by atoms with E-state index in [1.807, 2.05) is 13.0 Å². The first-order chi connectivity index (χ1) is 5.74. The van der Waals surface area contributed by atoms with Crippen LogP contribution in [0.5, 0.6) is 5.88 Å². The highest BCUT2D eigenvalue weighted by molar-refractivity contribution is 5.41. The van der Waals surface area contributed by atoms with E-state index in [0.717, 1.165) is 12.0 Å². The summed E-state index contributed by atoms with van der Waals surface area (Å²) in [4.78, 5) is 4.07. The Morgan fingerprint density at radius 1 is 1.58 bits per heavy atom. The van der Waals surface area contributed by atoms with Gasteiger partial charge in [-0.2, -0.15) is 0 Å². The van der Waals surface area contributed by atoms with Gasteiger partial charge >= 0.3 is 0 Å². The predicted octanol–water partition coefficient (Wildman–Crippen LogP) is 1.76. The summed E-state index contributed by atoms with van der Waals surface area (Å²) in [5, 5.41) is 0. The molecule has 0 radical (unpaired) electrons. The van der Waals surface area contributed by atoms with Crippen LogP contribution in [0.25, 0.3) is 0 Å². The largest absolute Gasteiger partial charge is 0.477 e. The van der Waals surface area contributed by atoms with Crippen molar-refractivity contribution in [3.05, 3.63) is 17.8 Å². The first-order valence-electron chi connectivity index (χ1n) is 4.09. The number of nitrogens with zero attached hydrogens (tertiary/aromatic N) is 1. The molecule has 0 aliphatic heterocycles. The van der Waals surface area contributed by atoms with E-state index in [0.29, 0.717) is 18.2 Å². The zero-order valence-corrected chi connectivity index (χ0v) is 7.50. The summed E-state index contributed by atoms with van der Waals surface area (Å²) in [7, 11) is 0. The van der Waals surface area contributed by atoms with E-state index in [9.17, 15) is 0 Å². The maximum absolute atomic E-state index is 5.54. The van der Waals surface area contributed by atoms with Gasteiger partial charge in [-0.05, 0) is 19.4 Å². The quantitative estimate of drug-likeness (QED) is 0.744. The summed E-state index contributed by atoms with van der Waals surface area (Å²) >= 11 is 0. The summed E-state index contributed by atoms with van der Waals surface area (Å²) in [5.41, 5.74) is 7.20. The lowest BCUT2D eigenvalue weighted by atomic mass is 10.3. The number of ether oxygens (including phenoxy) is 1. The summed E-state index contributed by atoms with van der Waals surface area (Å²) < 4.78 is 5.37. The van der Waals surface area contributed by atoms with Crippen molar-refractivity contribution in [1.29, 1.82) is 0 Å².